The van der Waals surface area contributed by atoms with Crippen LogP contribution in [0.2, 0.25) is 0 Å². The Morgan fingerprint density at radius 3 is 1.78 bits per heavy atom. The number of para-hydroxylation sites is 1. The summed E-state index contributed by atoms with van der Waals surface area (Å²) in [6.45, 7) is 0. The Balaban J connectivity index is 1.12. The number of furan rings is 1. The predicted molar refractivity (Wildman–Crippen MR) is 211 cm³/mol. The predicted octanol–water partition coefficient (Wildman–Crippen LogP) is 12.5. The van der Waals surface area contributed by atoms with Crippen LogP contribution in [-0.4, -0.2) is 15.0 Å². The fourth-order valence-electron chi connectivity index (χ4n) is 7.85. The van der Waals surface area contributed by atoms with Gasteiger partial charge in [0.15, 0.2) is 0 Å². The van der Waals surface area contributed by atoms with Crippen molar-refractivity contribution in [1.29, 1.82) is 0 Å². The van der Waals surface area contributed by atoms with Crippen LogP contribution in [0.25, 0.3) is 110 Å². The van der Waals surface area contributed by atoms with E-state index in [-0.39, 0.29) is 0 Å². The minimum atomic E-state index is 0.879. The van der Waals surface area contributed by atoms with Gasteiger partial charge in [0.2, 0.25) is 0 Å². The number of rotatable bonds is 3. The third kappa shape index (κ3) is 4.23. The van der Waals surface area contributed by atoms with Gasteiger partial charge in [0.25, 0.3) is 0 Å². The maximum Gasteiger partial charge on any atom is 0.145 e. The van der Waals surface area contributed by atoms with Crippen molar-refractivity contribution < 1.29 is 4.42 Å². The van der Waals surface area contributed by atoms with Crippen molar-refractivity contribution in [3.8, 4) is 33.8 Å². The van der Waals surface area contributed by atoms with Crippen molar-refractivity contribution in [2.75, 3.05) is 0 Å². The fourth-order valence-corrected chi connectivity index (χ4v) is 7.85. The quantitative estimate of drug-likeness (QED) is 0.179. The lowest BCUT2D eigenvalue weighted by Crippen LogP contribution is -1.93. The molecule has 51 heavy (non-hydrogen) atoms. The summed E-state index contributed by atoms with van der Waals surface area (Å²) in [4.78, 5) is 15.8. The first-order valence-electron chi connectivity index (χ1n) is 17.2. The van der Waals surface area contributed by atoms with Gasteiger partial charge >= 0.3 is 0 Å². The SMILES string of the molecule is c1ccc(-c2ccc3ccc4ccc(-c5cccc6c(-c7nc8ccc9c%10ccccc%10oc9c8c8ccccc78)cccc56)nc4c3n2)cc1. The van der Waals surface area contributed by atoms with Gasteiger partial charge in [0, 0.05) is 43.6 Å². The average Bonchev–Trinajstić information content (AvgIpc) is 3.59. The summed E-state index contributed by atoms with van der Waals surface area (Å²) < 4.78 is 6.49. The zero-order valence-corrected chi connectivity index (χ0v) is 27.3. The first-order chi connectivity index (χ1) is 25.3. The molecule has 11 aromatic rings. The molecule has 0 unspecified atom stereocenters. The van der Waals surface area contributed by atoms with E-state index in [9.17, 15) is 0 Å². The smallest absolute Gasteiger partial charge is 0.145 e. The molecule has 4 nitrogen and oxygen atoms in total. The molecule has 0 radical (unpaired) electrons. The normalized spacial score (nSPS) is 11.9. The third-order valence-corrected chi connectivity index (χ3v) is 10.3. The van der Waals surface area contributed by atoms with Crippen LogP contribution in [0.15, 0.2) is 168 Å². The fraction of sp³-hybridized carbons (Fsp3) is 0. The molecule has 0 aliphatic carbocycles. The van der Waals surface area contributed by atoms with Gasteiger partial charge in [-0.25, -0.2) is 15.0 Å². The molecule has 0 spiro atoms. The van der Waals surface area contributed by atoms with Crippen molar-refractivity contribution in [3.05, 3.63) is 164 Å². The standard InChI is InChI=1S/C47H27N3O/c1-2-10-28(11-3-1)39-25-22-29-20-21-30-23-26-40(49-45(30)44(29)48-39)33-17-8-16-32-31(33)15-9-18-36(32)46-37-14-5-4-13-35(37)43-41(50-46)27-24-38-34-12-6-7-19-42(34)51-47(38)43/h1-27H. The highest BCUT2D eigenvalue weighted by atomic mass is 16.3. The number of benzene rings is 7. The third-order valence-electron chi connectivity index (χ3n) is 10.3. The molecule has 0 aliphatic heterocycles. The molecule has 4 heterocycles. The molecule has 0 bridgehead atoms. The Morgan fingerprint density at radius 2 is 0.980 bits per heavy atom. The van der Waals surface area contributed by atoms with E-state index in [1.165, 1.54) is 0 Å². The number of hydrogen-bond acceptors (Lipinski definition) is 4. The van der Waals surface area contributed by atoms with Crippen molar-refractivity contribution in [1.82, 2.24) is 15.0 Å². The topological polar surface area (TPSA) is 51.8 Å². The highest BCUT2D eigenvalue weighted by molar-refractivity contribution is 6.24. The summed E-state index contributed by atoms with van der Waals surface area (Å²) in [7, 11) is 0. The maximum atomic E-state index is 6.49. The van der Waals surface area contributed by atoms with Gasteiger partial charge in [-0.3, -0.25) is 0 Å². The molecule has 0 fully saturated rings. The molecule has 0 N–H and O–H groups in total. The van der Waals surface area contributed by atoms with Gasteiger partial charge < -0.3 is 4.42 Å². The maximum absolute atomic E-state index is 6.49. The van der Waals surface area contributed by atoms with Crippen molar-refractivity contribution >= 4 is 76.2 Å². The van der Waals surface area contributed by atoms with E-state index in [4.69, 9.17) is 19.4 Å². The first-order valence-corrected chi connectivity index (χ1v) is 17.2. The number of nitrogens with zero attached hydrogens (tertiary/aromatic N) is 3. The second-order valence-corrected chi connectivity index (χ2v) is 13.1. The van der Waals surface area contributed by atoms with Gasteiger partial charge in [-0.15, -0.1) is 0 Å². The molecule has 0 amide bonds. The van der Waals surface area contributed by atoms with Crippen LogP contribution >= 0.6 is 0 Å². The summed E-state index contributed by atoms with van der Waals surface area (Å²) in [6.07, 6.45) is 0. The van der Waals surface area contributed by atoms with E-state index < -0.39 is 0 Å². The molecule has 11 rings (SSSR count). The summed E-state index contributed by atoms with van der Waals surface area (Å²) in [5.74, 6) is 0. The van der Waals surface area contributed by atoms with Gasteiger partial charge in [0.1, 0.15) is 11.2 Å². The Kier molecular flexibility index (Phi) is 5.92. The van der Waals surface area contributed by atoms with E-state index in [2.05, 4.69) is 133 Å². The molecular formula is C47H27N3O. The minimum absolute atomic E-state index is 0.879. The highest BCUT2D eigenvalue weighted by Gasteiger charge is 2.19. The van der Waals surface area contributed by atoms with Crippen LogP contribution < -0.4 is 0 Å². The monoisotopic (exact) mass is 649 g/mol. The van der Waals surface area contributed by atoms with Gasteiger partial charge in [-0.05, 0) is 46.5 Å². The summed E-state index contributed by atoms with van der Waals surface area (Å²) in [5, 5.41) is 9.87. The molecule has 4 heteroatoms. The molecular weight excluding hydrogens is 623 g/mol. The zero-order valence-electron chi connectivity index (χ0n) is 27.3. The van der Waals surface area contributed by atoms with Crippen LogP contribution in [0, 0.1) is 0 Å². The largest absolute Gasteiger partial charge is 0.455 e. The summed E-state index contributed by atoms with van der Waals surface area (Å²) in [6, 6.07) is 57.1. The Morgan fingerprint density at radius 1 is 0.373 bits per heavy atom. The average molecular weight is 650 g/mol. The van der Waals surface area contributed by atoms with Gasteiger partial charge in [-0.1, -0.05) is 133 Å². The molecule has 0 saturated heterocycles. The van der Waals surface area contributed by atoms with Crippen LogP contribution in [0.5, 0.6) is 0 Å². The lowest BCUT2D eigenvalue weighted by molar-refractivity contribution is 0.673. The number of fused-ring (bicyclic) bond motifs is 11. The van der Waals surface area contributed by atoms with E-state index in [0.717, 1.165) is 110 Å². The van der Waals surface area contributed by atoms with E-state index in [0.29, 0.717) is 0 Å². The molecule has 7 aromatic carbocycles. The van der Waals surface area contributed by atoms with E-state index in [1.54, 1.807) is 0 Å². The first kappa shape index (κ1) is 28.0. The lowest BCUT2D eigenvalue weighted by Gasteiger charge is -2.14. The molecule has 0 aliphatic rings. The Hall–Kier alpha value is -6.91. The highest BCUT2D eigenvalue weighted by Crippen LogP contribution is 2.42. The van der Waals surface area contributed by atoms with Crippen molar-refractivity contribution in [2.24, 2.45) is 0 Å². The van der Waals surface area contributed by atoms with Crippen molar-refractivity contribution in [3.63, 3.8) is 0 Å². The van der Waals surface area contributed by atoms with Gasteiger partial charge in [-0.2, -0.15) is 0 Å². The molecule has 0 atom stereocenters. The molecule has 236 valence electrons. The zero-order chi connectivity index (χ0) is 33.5. The summed E-state index contributed by atoms with van der Waals surface area (Å²) in [5.41, 5.74) is 10.5. The second-order valence-electron chi connectivity index (χ2n) is 13.1. The van der Waals surface area contributed by atoms with E-state index >= 15 is 0 Å². The lowest BCUT2D eigenvalue weighted by atomic mass is 9.93. The molecule has 4 aromatic heterocycles. The Bertz CT molecular complexity index is 3200. The number of aromatic nitrogens is 3. The summed E-state index contributed by atoms with van der Waals surface area (Å²) >= 11 is 0. The van der Waals surface area contributed by atoms with Crippen LogP contribution in [0.4, 0.5) is 0 Å². The molecule has 0 saturated carbocycles. The minimum Gasteiger partial charge on any atom is -0.455 e. The number of hydrogen-bond donors (Lipinski definition) is 0. The van der Waals surface area contributed by atoms with E-state index in [1.807, 2.05) is 30.3 Å². The number of pyridine rings is 3. The van der Waals surface area contributed by atoms with Gasteiger partial charge in [0.05, 0.1) is 39.0 Å². The van der Waals surface area contributed by atoms with Crippen LogP contribution in [0.1, 0.15) is 0 Å². The Labute approximate surface area is 292 Å². The van der Waals surface area contributed by atoms with Crippen molar-refractivity contribution in [2.45, 2.75) is 0 Å². The van der Waals surface area contributed by atoms with Crippen LogP contribution in [-0.2, 0) is 0 Å². The second kappa shape index (κ2) is 10.8. The van der Waals surface area contributed by atoms with Crippen LogP contribution in [0.3, 0.4) is 0 Å².